The van der Waals surface area contributed by atoms with Crippen LogP contribution in [0.4, 0.5) is 39.4 Å². The molecule has 0 unspecified atom stereocenters. The molecule has 0 aliphatic carbocycles. The summed E-state index contributed by atoms with van der Waals surface area (Å²) in [5, 5.41) is 15.1. The minimum atomic E-state index is -0.480. The van der Waals surface area contributed by atoms with E-state index < -0.39 is 4.92 Å². The van der Waals surface area contributed by atoms with E-state index in [-0.39, 0.29) is 52.3 Å². The summed E-state index contributed by atoms with van der Waals surface area (Å²) in [6.45, 7) is 4.85. The van der Waals surface area contributed by atoms with Crippen LogP contribution in [-0.4, -0.2) is 126 Å². The van der Waals surface area contributed by atoms with Gasteiger partial charge in [-0.3, -0.25) is 14.6 Å². The standard InChI is InChI=1S/C40H49ClN11O7.BrH/c1-46-26-43-38(51(55)56)33(46)25-52(2,3)18-6-7-35(53)48-14-12-30(13-15-48)50-37-27(24-49(40(50)54)32-21-31(57-4)22-34(58-5)36(32)41)23-42-39(45-37)44-28-8-10-29(11-9-28)47-16-19-59-20-17-47;/h6-11,21-23,26,30H,12-20,24-25H2,1-5H3,(H,42,44,45);1H/q+1;/p-1/b7-6+;. The van der Waals surface area contributed by atoms with E-state index in [0.717, 1.165) is 24.5 Å². The second-order valence-electron chi connectivity index (χ2n) is 15.3. The van der Waals surface area contributed by atoms with E-state index in [1.807, 2.05) is 38.4 Å². The van der Waals surface area contributed by atoms with Gasteiger partial charge >= 0.3 is 11.8 Å². The van der Waals surface area contributed by atoms with E-state index in [1.54, 1.807) is 56.8 Å². The van der Waals surface area contributed by atoms with Crippen LogP contribution < -0.4 is 46.5 Å². The van der Waals surface area contributed by atoms with Gasteiger partial charge in [-0.1, -0.05) is 11.6 Å². The summed E-state index contributed by atoms with van der Waals surface area (Å²) in [6.07, 6.45) is 7.50. The van der Waals surface area contributed by atoms with Crippen LogP contribution in [0.1, 0.15) is 24.1 Å². The number of aromatic nitrogens is 4. The number of rotatable bonds is 13. The Morgan fingerprint density at radius 1 is 1.08 bits per heavy atom. The maximum atomic E-state index is 14.7. The van der Waals surface area contributed by atoms with Gasteiger partial charge in [0.15, 0.2) is 5.69 Å². The molecule has 3 amide bonds. The molecule has 2 aromatic heterocycles. The van der Waals surface area contributed by atoms with Crippen LogP contribution >= 0.6 is 11.6 Å². The Morgan fingerprint density at radius 2 is 1.80 bits per heavy atom. The number of quaternary nitrogens is 1. The minimum absolute atomic E-state index is 0. The van der Waals surface area contributed by atoms with E-state index in [2.05, 4.69) is 20.2 Å². The van der Waals surface area contributed by atoms with Crippen LogP contribution in [0.25, 0.3) is 0 Å². The number of ether oxygens (including phenoxy) is 3. The van der Waals surface area contributed by atoms with Gasteiger partial charge < -0.3 is 65.5 Å². The quantitative estimate of drug-likeness (QED) is 0.0899. The van der Waals surface area contributed by atoms with E-state index in [4.69, 9.17) is 30.8 Å². The summed E-state index contributed by atoms with van der Waals surface area (Å²) in [7, 11) is 8.64. The molecule has 60 heavy (non-hydrogen) atoms. The number of hydrogen-bond acceptors (Lipinski definition) is 12. The normalized spacial score (nSPS) is 16.1. The van der Waals surface area contributed by atoms with Crippen molar-refractivity contribution in [2.24, 2.45) is 7.05 Å². The zero-order valence-electron chi connectivity index (χ0n) is 34.2. The number of nitrogens with one attached hydrogen (secondary N) is 1. The molecule has 7 rings (SSSR count). The predicted molar refractivity (Wildman–Crippen MR) is 223 cm³/mol. The first-order chi connectivity index (χ1) is 28.3. The van der Waals surface area contributed by atoms with Crippen molar-refractivity contribution in [2.45, 2.75) is 32.0 Å². The van der Waals surface area contributed by atoms with Crippen molar-refractivity contribution in [1.29, 1.82) is 0 Å². The van der Waals surface area contributed by atoms with E-state index in [9.17, 15) is 19.7 Å². The third-order valence-corrected chi connectivity index (χ3v) is 11.2. The average Bonchev–Trinajstić information content (AvgIpc) is 3.60. The number of urea groups is 1. The van der Waals surface area contributed by atoms with E-state index in [1.165, 1.54) is 20.5 Å². The number of carbonyl (C=O) groups excluding carboxylic acids is 2. The van der Waals surface area contributed by atoms with Gasteiger partial charge in [0, 0.05) is 80.6 Å². The number of fused-ring (bicyclic) bond motifs is 1. The number of morpholine rings is 1. The van der Waals surface area contributed by atoms with Gasteiger partial charge in [0.05, 0.1) is 60.3 Å². The van der Waals surface area contributed by atoms with Crippen molar-refractivity contribution in [2.75, 3.05) is 94.3 Å². The molecule has 2 fully saturated rings. The molecule has 2 aromatic carbocycles. The third-order valence-electron chi connectivity index (χ3n) is 10.9. The molecule has 3 aliphatic heterocycles. The van der Waals surface area contributed by atoms with Gasteiger partial charge in [0.2, 0.25) is 18.2 Å². The van der Waals surface area contributed by atoms with Crippen molar-refractivity contribution in [3.8, 4) is 11.5 Å². The number of benzene rings is 2. The number of amides is 3. The number of likely N-dealkylation sites (N-methyl/N-ethyl adjacent to an activating group) is 1. The molecule has 0 saturated carbocycles. The highest BCUT2D eigenvalue weighted by Gasteiger charge is 2.40. The molecule has 1 N–H and O–H groups in total. The Labute approximate surface area is 363 Å². The first kappa shape index (κ1) is 44.1. The van der Waals surface area contributed by atoms with Crippen molar-refractivity contribution in [1.82, 2.24) is 24.4 Å². The Kier molecular flexibility index (Phi) is 13.8. The van der Waals surface area contributed by atoms with Gasteiger partial charge in [0.1, 0.15) is 28.9 Å². The second kappa shape index (κ2) is 18.8. The fourth-order valence-electron chi connectivity index (χ4n) is 7.62. The van der Waals surface area contributed by atoms with Gasteiger partial charge in [-0.05, 0) is 53.1 Å². The Balaban J connectivity index is 0.00000604. The zero-order chi connectivity index (χ0) is 41.8. The first-order valence-corrected chi connectivity index (χ1v) is 19.7. The summed E-state index contributed by atoms with van der Waals surface area (Å²) in [6, 6.07) is 10.8. The van der Waals surface area contributed by atoms with Crippen LogP contribution in [0.5, 0.6) is 11.5 Å². The molecule has 18 nitrogen and oxygen atoms in total. The van der Waals surface area contributed by atoms with Crippen LogP contribution in [0.2, 0.25) is 5.02 Å². The van der Waals surface area contributed by atoms with Gasteiger partial charge in [0.25, 0.3) is 0 Å². The molecular weight excluding hydrogens is 862 g/mol. The summed E-state index contributed by atoms with van der Waals surface area (Å²) >= 11 is 6.83. The summed E-state index contributed by atoms with van der Waals surface area (Å²) in [4.78, 5) is 60.0. The number of halogens is 2. The average molecular weight is 911 g/mol. The smallest absolute Gasteiger partial charge is 0.390 e. The van der Waals surface area contributed by atoms with E-state index >= 15 is 0 Å². The van der Waals surface area contributed by atoms with Crippen molar-refractivity contribution in [3.05, 3.63) is 87.5 Å². The fraction of sp³-hybridized carbons (Fsp3) is 0.425. The molecule has 4 aromatic rings. The van der Waals surface area contributed by atoms with Gasteiger partial charge in [-0.25, -0.2) is 9.78 Å². The summed E-state index contributed by atoms with van der Waals surface area (Å²) in [5.41, 5.74) is 3.55. The SMILES string of the molecule is COc1cc(OC)c(Cl)c(N2Cc3cnc(Nc4ccc(N5CCOCC5)cc4)nc3N(C3CCN(C(=O)/C=C/C[N+](C)(C)Cc4c([N+](=O)[O-])ncn4C)CC3)C2=O)c1.[Br-]. The number of hydrogen-bond donors (Lipinski definition) is 1. The Bertz CT molecular complexity index is 2230. The molecule has 320 valence electrons. The van der Waals surface area contributed by atoms with Crippen LogP contribution in [0.15, 0.2) is 61.1 Å². The number of methoxy groups -OCH3 is 2. The summed E-state index contributed by atoms with van der Waals surface area (Å²) in [5.74, 6) is 1.35. The number of piperidine rings is 1. The number of aryl methyl sites for hydroxylation is 1. The molecule has 0 radical (unpaired) electrons. The maximum Gasteiger partial charge on any atom is 0.390 e. The van der Waals surface area contributed by atoms with Gasteiger partial charge in [-0.15, -0.1) is 0 Å². The number of likely N-dealkylation sites (tertiary alicyclic amines) is 1. The maximum absolute atomic E-state index is 14.7. The number of imidazole rings is 1. The molecule has 5 heterocycles. The molecular formula is C40H49BrClN11O7. The highest BCUT2D eigenvalue weighted by atomic mass is 79.9. The number of carbonyl (C=O) groups is 2. The Hall–Kier alpha value is -5.50. The third kappa shape index (κ3) is 9.59. The van der Waals surface area contributed by atoms with E-state index in [0.29, 0.717) is 96.9 Å². The van der Waals surface area contributed by atoms with Crippen LogP contribution in [0, 0.1) is 10.1 Å². The molecule has 20 heteroatoms. The van der Waals surface area contributed by atoms with Crippen molar-refractivity contribution in [3.63, 3.8) is 0 Å². The topological polar surface area (TPSA) is 174 Å². The van der Waals surface area contributed by atoms with Gasteiger partial charge in [-0.2, -0.15) is 4.98 Å². The summed E-state index contributed by atoms with van der Waals surface area (Å²) < 4.78 is 18.6. The van der Waals surface area contributed by atoms with Crippen LogP contribution in [0.3, 0.4) is 0 Å². The number of nitrogens with zero attached hydrogens (tertiary/aromatic N) is 10. The highest BCUT2D eigenvalue weighted by Crippen LogP contribution is 2.43. The lowest BCUT2D eigenvalue weighted by Gasteiger charge is -2.43. The molecule has 0 spiro atoms. The lowest BCUT2D eigenvalue weighted by atomic mass is 10.0. The van der Waals surface area contributed by atoms with Crippen molar-refractivity contribution >= 4 is 58.2 Å². The monoisotopic (exact) mass is 909 g/mol. The number of nitro groups is 1. The molecule has 2 saturated heterocycles. The largest absolute Gasteiger partial charge is 1.00 e. The zero-order valence-corrected chi connectivity index (χ0v) is 36.6. The molecule has 3 aliphatic rings. The lowest BCUT2D eigenvalue weighted by molar-refractivity contribution is -0.898. The fourth-order valence-corrected chi connectivity index (χ4v) is 7.91. The first-order valence-electron chi connectivity index (χ1n) is 19.4. The molecule has 0 bridgehead atoms. The lowest BCUT2D eigenvalue weighted by Crippen LogP contribution is -3.00. The minimum Gasteiger partial charge on any atom is -1.00 e. The van der Waals surface area contributed by atoms with Crippen LogP contribution in [-0.2, 0) is 29.7 Å². The second-order valence-corrected chi connectivity index (χ2v) is 15.7. The highest BCUT2D eigenvalue weighted by molar-refractivity contribution is 6.35. The predicted octanol–water partition coefficient (Wildman–Crippen LogP) is 2.14. The van der Waals surface area contributed by atoms with Crippen molar-refractivity contribution < 1.29 is 50.2 Å². The Morgan fingerprint density at radius 3 is 2.47 bits per heavy atom. The number of anilines is 5. The molecule has 0 atom stereocenters.